The number of benzene rings is 1. The molecule has 1 aromatic carbocycles. The van der Waals surface area contributed by atoms with Crippen LogP contribution in [0.3, 0.4) is 0 Å². The van der Waals surface area contributed by atoms with Crippen LogP contribution in [0.1, 0.15) is 6.92 Å². The Kier molecular flexibility index (Phi) is 3.67. The van der Waals surface area contributed by atoms with Gasteiger partial charge in [0.2, 0.25) is 0 Å². The predicted octanol–water partition coefficient (Wildman–Crippen LogP) is 2.05. The largest absolute Gasteiger partial charge is 0.398 e. The van der Waals surface area contributed by atoms with E-state index in [0.717, 1.165) is 4.47 Å². The Balaban J connectivity index is 3.14. The van der Waals surface area contributed by atoms with Crippen LogP contribution in [0.4, 0.5) is 5.69 Å². The number of anilines is 1. The van der Waals surface area contributed by atoms with Gasteiger partial charge in [0.25, 0.3) is 0 Å². The van der Waals surface area contributed by atoms with Gasteiger partial charge in [0.05, 0.1) is 21.8 Å². The van der Waals surface area contributed by atoms with Crippen LogP contribution >= 0.6 is 15.9 Å². The van der Waals surface area contributed by atoms with Crippen molar-refractivity contribution in [2.45, 2.75) is 17.1 Å². The highest BCUT2D eigenvalue weighted by Gasteiger charge is 2.15. The summed E-state index contributed by atoms with van der Waals surface area (Å²) >= 11 is 3.26. The van der Waals surface area contributed by atoms with Crippen molar-refractivity contribution >= 4 is 32.4 Å². The molecular weight excluding hydrogens is 264 g/mol. The normalized spacial score (nSPS) is 14.4. The molecule has 0 aliphatic heterocycles. The van der Waals surface area contributed by atoms with Crippen molar-refractivity contribution in [2.75, 3.05) is 5.73 Å². The molecule has 74 valence electrons. The van der Waals surface area contributed by atoms with Crippen molar-refractivity contribution in [3.8, 4) is 6.07 Å². The lowest BCUT2D eigenvalue weighted by Gasteiger charge is -2.07. The molecule has 14 heavy (non-hydrogen) atoms. The third-order valence-corrected chi connectivity index (χ3v) is 3.72. The molecule has 0 spiro atoms. The minimum atomic E-state index is -1.37. The molecule has 1 aromatic rings. The van der Waals surface area contributed by atoms with E-state index in [1.165, 1.54) is 0 Å². The van der Waals surface area contributed by atoms with E-state index >= 15 is 0 Å². The molecule has 5 heteroatoms. The summed E-state index contributed by atoms with van der Waals surface area (Å²) in [6.45, 7) is 1.61. The van der Waals surface area contributed by atoms with Crippen molar-refractivity contribution in [2.24, 2.45) is 0 Å². The van der Waals surface area contributed by atoms with E-state index in [2.05, 4.69) is 15.9 Å². The van der Waals surface area contributed by atoms with Gasteiger partial charge in [-0.1, -0.05) is 15.9 Å². The average molecular weight is 273 g/mol. The Labute approximate surface area is 93.5 Å². The molecule has 0 fully saturated rings. The second kappa shape index (κ2) is 4.58. The molecule has 0 aliphatic carbocycles. The van der Waals surface area contributed by atoms with Crippen LogP contribution in [0.15, 0.2) is 27.6 Å². The highest BCUT2D eigenvalue weighted by atomic mass is 79.9. The molecule has 0 aliphatic rings. The first-order valence-corrected chi connectivity index (χ1v) is 5.92. The van der Waals surface area contributed by atoms with Gasteiger partial charge in [0, 0.05) is 10.2 Å². The molecule has 2 atom stereocenters. The lowest BCUT2D eigenvalue weighted by molar-refractivity contribution is 0.680. The SMILES string of the molecule is CC(C#N)S(=O)c1cc(Br)ccc1N. The van der Waals surface area contributed by atoms with Crippen LogP contribution in [-0.4, -0.2) is 9.46 Å². The first-order chi connectivity index (χ1) is 6.56. The highest BCUT2D eigenvalue weighted by Crippen LogP contribution is 2.23. The molecule has 0 saturated carbocycles. The summed E-state index contributed by atoms with van der Waals surface area (Å²) in [5.41, 5.74) is 6.11. The van der Waals surface area contributed by atoms with Gasteiger partial charge >= 0.3 is 0 Å². The topological polar surface area (TPSA) is 66.9 Å². The maximum absolute atomic E-state index is 11.7. The van der Waals surface area contributed by atoms with Crippen molar-refractivity contribution in [1.29, 1.82) is 5.26 Å². The first-order valence-electron chi connectivity index (χ1n) is 3.91. The van der Waals surface area contributed by atoms with Gasteiger partial charge < -0.3 is 5.73 Å². The number of halogens is 1. The molecular formula is C9H9BrN2OS. The lowest BCUT2D eigenvalue weighted by Crippen LogP contribution is -2.09. The maximum Gasteiger partial charge on any atom is 0.123 e. The summed E-state index contributed by atoms with van der Waals surface area (Å²) in [6.07, 6.45) is 0. The molecule has 0 amide bonds. The third-order valence-electron chi connectivity index (χ3n) is 1.70. The number of nitrogens with two attached hydrogens (primary N) is 1. The van der Waals surface area contributed by atoms with Crippen LogP contribution in [0.25, 0.3) is 0 Å². The number of hydrogen-bond donors (Lipinski definition) is 1. The lowest BCUT2D eigenvalue weighted by atomic mass is 10.3. The maximum atomic E-state index is 11.7. The minimum absolute atomic E-state index is 0.452. The van der Waals surface area contributed by atoms with Gasteiger partial charge in [-0.3, -0.25) is 4.21 Å². The van der Waals surface area contributed by atoms with E-state index in [-0.39, 0.29) is 0 Å². The smallest absolute Gasteiger partial charge is 0.123 e. The molecule has 0 radical (unpaired) electrons. The van der Waals surface area contributed by atoms with Crippen LogP contribution < -0.4 is 5.73 Å². The van der Waals surface area contributed by atoms with Crippen LogP contribution in [0.2, 0.25) is 0 Å². The molecule has 2 N–H and O–H groups in total. The fraction of sp³-hybridized carbons (Fsp3) is 0.222. The molecule has 0 heterocycles. The second-order valence-corrected chi connectivity index (χ2v) is 5.41. The third kappa shape index (κ3) is 2.34. The molecule has 0 saturated heterocycles. The van der Waals surface area contributed by atoms with Crippen LogP contribution in [-0.2, 0) is 10.8 Å². The number of nitriles is 1. The summed E-state index contributed by atoms with van der Waals surface area (Å²) in [6, 6.07) is 7.06. The van der Waals surface area contributed by atoms with Crippen LogP contribution in [0, 0.1) is 11.3 Å². The van der Waals surface area contributed by atoms with E-state index in [1.807, 2.05) is 6.07 Å². The van der Waals surface area contributed by atoms with E-state index in [1.54, 1.807) is 25.1 Å². The number of nitrogen functional groups attached to an aromatic ring is 1. The zero-order chi connectivity index (χ0) is 10.7. The molecule has 3 nitrogen and oxygen atoms in total. The van der Waals surface area contributed by atoms with Gasteiger partial charge in [0.1, 0.15) is 5.25 Å². The van der Waals surface area contributed by atoms with E-state index in [4.69, 9.17) is 11.0 Å². The summed E-state index contributed by atoms with van der Waals surface area (Å²) in [7, 11) is -1.37. The van der Waals surface area contributed by atoms with Gasteiger partial charge in [-0.05, 0) is 25.1 Å². The Morgan fingerprint density at radius 2 is 2.29 bits per heavy atom. The predicted molar refractivity (Wildman–Crippen MR) is 60.0 cm³/mol. The standard InChI is InChI=1S/C9H9BrN2OS/c1-6(5-11)14(13)9-4-7(10)2-3-8(9)12/h2-4,6H,12H2,1H3. The zero-order valence-corrected chi connectivity index (χ0v) is 9.93. The summed E-state index contributed by atoms with van der Waals surface area (Å²) in [5.74, 6) is 0. The Bertz CT molecular complexity index is 414. The molecule has 1 rings (SSSR count). The van der Waals surface area contributed by atoms with Gasteiger partial charge in [0.15, 0.2) is 0 Å². The van der Waals surface area contributed by atoms with Crippen molar-refractivity contribution < 1.29 is 4.21 Å². The van der Waals surface area contributed by atoms with Crippen molar-refractivity contribution in [3.05, 3.63) is 22.7 Å². The van der Waals surface area contributed by atoms with Gasteiger partial charge in [-0.2, -0.15) is 5.26 Å². The number of nitrogens with zero attached hydrogens (tertiary/aromatic N) is 1. The molecule has 0 aromatic heterocycles. The molecule has 0 bridgehead atoms. The van der Waals surface area contributed by atoms with E-state index < -0.39 is 16.0 Å². The minimum Gasteiger partial charge on any atom is -0.398 e. The molecule has 2 unspecified atom stereocenters. The fourth-order valence-electron chi connectivity index (χ4n) is 0.921. The average Bonchev–Trinajstić information content (AvgIpc) is 2.19. The second-order valence-electron chi connectivity index (χ2n) is 2.75. The summed E-state index contributed by atoms with van der Waals surface area (Å²) in [5, 5.41) is 8.08. The number of hydrogen-bond acceptors (Lipinski definition) is 3. The van der Waals surface area contributed by atoms with Gasteiger partial charge in [-0.25, -0.2) is 0 Å². The van der Waals surface area contributed by atoms with Crippen molar-refractivity contribution in [3.63, 3.8) is 0 Å². The first kappa shape index (κ1) is 11.2. The Hall–Kier alpha value is -0.860. The van der Waals surface area contributed by atoms with Crippen molar-refractivity contribution in [1.82, 2.24) is 0 Å². The summed E-state index contributed by atoms with van der Waals surface area (Å²) in [4.78, 5) is 0.508. The van der Waals surface area contributed by atoms with E-state index in [0.29, 0.717) is 10.6 Å². The van der Waals surface area contributed by atoms with Gasteiger partial charge in [-0.15, -0.1) is 0 Å². The summed E-state index contributed by atoms with van der Waals surface area (Å²) < 4.78 is 12.5. The monoisotopic (exact) mass is 272 g/mol. The number of rotatable bonds is 2. The van der Waals surface area contributed by atoms with E-state index in [9.17, 15) is 4.21 Å². The zero-order valence-electron chi connectivity index (χ0n) is 7.53. The Morgan fingerprint density at radius 3 is 2.86 bits per heavy atom. The van der Waals surface area contributed by atoms with Crippen LogP contribution in [0.5, 0.6) is 0 Å². The quantitative estimate of drug-likeness (QED) is 0.838. The highest BCUT2D eigenvalue weighted by molar-refractivity contribution is 9.10. The Morgan fingerprint density at radius 1 is 1.64 bits per heavy atom. The fourth-order valence-corrected chi connectivity index (χ4v) is 2.45.